The number of aromatic nitrogens is 4. The standard InChI is InChI=1S/C15H21N5OS/c1-10-18-19-14(22-10)7-16-13-4-5-21-15(13)12-6-17-20(9-12)8-11-2-3-11/h6,9,11,13,15-16H,2-5,7-8H2,1H3/t13-,15+/m1/s1. The second-order valence-electron chi connectivity index (χ2n) is 6.22. The summed E-state index contributed by atoms with van der Waals surface area (Å²) in [6.07, 6.45) is 7.93. The molecule has 0 unspecified atom stereocenters. The Morgan fingerprint density at radius 1 is 1.36 bits per heavy atom. The maximum Gasteiger partial charge on any atom is 0.131 e. The highest BCUT2D eigenvalue weighted by molar-refractivity contribution is 7.11. The van der Waals surface area contributed by atoms with Crippen LogP contribution >= 0.6 is 11.3 Å². The molecular formula is C15H21N5OS. The van der Waals surface area contributed by atoms with E-state index < -0.39 is 0 Å². The van der Waals surface area contributed by atoms with Gasteiger partial charge in [0.25, 0.3) is 0 Å². The lowest BCUT2D eigenvalue weighted by molar-refractivity contribution is 0.0984. The Morgan fingerprint density at radius 2 is 2.27 bits per heavy atom. The van der Waals surface area contributed by atoms with E-state index in [2.05, 4.69) is 31.5 Å². The highest BCUT2D eigenvalue weighted by Gasteiger charge is 2.31. The lowest BCUT2D eigenvalue weighted by Gasteiger charge is -2.18. The summed E-state index contributed by atoms with van der Waals surface area (Å²) in [5, 5.41) is 18.3. The maximum absolute atomic E-state index is 5.93. The van der Waals surface area contributed by atoms with Gasteiger partial charge >= 0.3 is 0 Å². The van der Waals surface area contributed by atoms with Crippen LogP contribution in [-0.4, -0.2) is 32.6 Å². The number of rotatable bonds is 6. The van der Waals surface area contributed by atoms with Gasteiger partial charge in [0, 0.05) is 31.0 Å². The average Bonchev–Trinajstić information content (AvgIpc) is 2.92. The van der Waals surface area contributed by atoms with Crippen molar-refractivity contribution >= 4 is 11.3 Å². The fourth-order valence-electron chi connectivity index (χ4n) is 2.95. The van der Waals surface area contributed by atoms with Gasteiger partial charge in [0.05, 0.1) is 12.7 Å². The number of nitrogens with zero attached hydrogens (tertiary/aromatic N) is 4. The van der Waals surface area contributed by atoms with Gasteiger partial charge in [-0.15, -0.1) is 21.5 Å². The fraction of sp³-hybridized carbons (Fsp3) is 0.667. The molecule has 118 valence electrons. The molecule has 1 saturated heterocycles. The smallest absolute Gasteiger partial charge is 0.131 e. The van der Waals surface area contributed by atoms with Crippen LogP contribution in [-0.2, 0) is 17.8 Å². The quantitative estimate of drug-likeness (QED) is 0.883. The molecule has 0 bridgehead atoms. The first-order valence-electron chi connectivity index (χ1n) is 7.94. The number of nitrogens with one attached hydrogen (secondary N) is 1. The Hall–Kier alpha value is -1.31. The van der Waals surface area contributed by atoms with Crippen LogP contribution in [0.2, 0.25) is 0 Å². The van der Waals surface area contributed by atoms with Crippen molar-refractivity contribution in [1.82, 2.24) is 25.3 Å². The Balaban J connectivity index is 1.38. The summed E-state index contributed by atoms with van der Waals surface area (Å²) in [5.41, 5.74) is 1.18. The summed E-state index contributed by atoms with van der Waals surface area (Å²) in [6, 6.07) is 0.322. The molecular weight excluding hydrogens is 298 g/mol. The lowest BCUT2D eigenvalue weighted by atomic mass is 10.1. The number of ether oxygens (including phenoxy) is 1. The molecule has 1 saturated carbocycles. The topological polar surface area (TPSA) is 64.9 Å². The van der Waals surface area contributed by atoms with Crippen molar-refractivity contribution in [2.24, 2.45) is 5.92 Å². The van der Waals surface area contributed by atoms with E-state index in [1.165, 1.54) is 18.4 Å². The van der Waals surface area contributed by atoms with Crippen LogP contribution in [0.4, 0.5) is 0 Å². The monoisotopic (exact) mass is 319 g/mol. The first-order valence-corrected chi connectivity index (χ1v) is 8.76. The third-order valence-electron chi connectivity index (χ3n) is 4.30. The van der Waals surface area contributed by atoms with Gasteiger partial charge in [-0.1, -0.05) is 0 Å². The minimum atomic E-state index is 0.0990. The minimum absolute atomic E-state index is 0.0990. The molecule has 0 amide bonds. The van der Waals surface area contributed by atoms with Gasteiger partial charge < -0.3 is 10.1 Å². The van der Waals surface area contributed by atoms with E-state index in [4.69, 9.17) is 4.74 Å². The molecule has 2 aliphatic rings. The first kappa shape index (κ1) is 14.3. The summed E-state index contributed by atoms with van der Waals surface area (Å²) in [7, 11) is 0. The highest BCUT2D eigenvalue weighted by Crippen LogP contribution is 2.32. The summed E-state index contributed by atoms with van der Waals surface area (Å²) in [5.74, 6) is 0.840. The molecule has 2 aromatic rings. The van der Waals surface area contributed by atoms with E-state index in [1.54, 1.807) is 11.3 Å². The SMILES string of the molecule is Cc1nnc(CN[C@@H]2CCO[C@H]2c2cnn(CC3CC3)c2)s1. The second kappa shape index (κ2) is 6.06. The summed E-state index contributed by atoms with van der Waals surface area (Å²) in [6.45, 7) is 4.59. The van der Waals surface area contributed by atoms with E-state index in [0.29, 0.717) is 6.04 Å². The van der Waals surface area contributed by atoms with Crippen LogP contribution in [0.15, 0.2) is 12.4 Å². The molecule has 2 atom stereocenters. The predicted molar refractivity (Wildman–Crippen MR) is 83.5 cm³/mol. The van der Waals surface area contributed by atoms with E-state index >= 15 is 0 Å². The third-order valence-corrected chi connectivity index (χ3v) is 5.14. The maximum atomic E-state index is 5.93. The van der Waals surface area contributed by atoms with Gasteiger partial charge in [0.1, 0.15) is 16.1 Å². The van der Waals surface area contributed by atoms with Gasteiger partial charge in [-0.3, -0.25) is 4.68 Å². The van der Waals surface area contributed by atoms with Crippen molar-refractivity contribution in [1.29, 1.82) is 0 Å². The molecule has 1 N–H and O–H groups in total. The van der Waals surface area contributed by atoms with Crippen molar-refractivity contribution in [2.75, 3.05) is 6.61 Å². The zero-order valence-electron chi connectivity index (χ0n) is 12.7. The average molecular weight is 319 g/mol. The van der Waals surface area contributed by atoms with E-state index in [-0.39, 0.29) is 6.10 Å². The van der Waals surface area contributed by atoms with Crippen LogP contribution < -0.4 is 5.32 Å². The predicted octanol–water partition coefficient (Wildman–Crippen LogP) is 2.07. The van der Waals surface area contributed by atoms with Gasteiger partial charge in [-0.2, -0.15) is 5.10 Å². The first-order chi connectivity index (χ1) is 10.8. The lowest BCUT2D eigenvalue weighted by Crippen LogP contribution is -2.31. The van der Waals surface area contributed by atoms with E-state index in [0.717, 1.165) is 42.1 Å². The summed E-state index contributed by atoms with van der Waals surface area (Å²) in [4.78, 5) is 0. The molecule has 2 fully saturated rings. The van der Waals surface area contributed by atoms with Crippen molar-refractivity contribution < 1.29 is 4.74 Å². The Kier molecular flexibility index (Phi) is 3.94. The fourth-order valence-corrected chi connectivity index (χ4v) is 3.61. The van der Waals surface area contributed by atoms with Gasteiger partial charge in [0.15, 0.2) is 0 Å². The summed E-state index contributed by atoms with van der Waals surface area (Å²) < 4.78 is 8.00. The Bertz CT molecular complexity index is 635. The van der Waals surface area contributed by atoms with Crippen LogP contribution in [0.1, 0.15) is 40.9 Å². The highest BCUT2D eigenvalue weighted by atomic mass is 32.1. The molecule has 0 spiro atoms. The normalized spacial score (nSPS) is 25.0. The number of hydrogen-bond donors (Lipinski definition) is 1. The van der Waals surface area contributed by atoms with Crippen molar-refractivity contribution in [3.05, 3.63) is 28.0 Å². The molecule has 22 heavy (non-hydrogen) atoms. The molecule has 1 aliphatic carbocycles. The minimum Gasteiger partial charge on any atom is -0.372 e. The molecule has 4 rings (SSSR count). The molecule has 3 heterocycles. The molecule has 6 nitrogen and oxygen atoms in total. The Labute approximate surface area is 133 Å². The van der Waals surface area contributed by atoms with E-state index in [1.807, 2.05) is 13.1 Å². The largest absolute Gasteiger partial charge is 0.372 e. The van der Waals surface area contributed by atoms with Crippen LogP contribution in [0.5, 0.6) is 0 Å². The van der Waals surface area contributed by atoms with Crippen molar-refractivity contribution in [3.63, 3.8) is 0 Å². The zero-order valence-corrected chi connectivity index (χ0v) is 13.6. The molecule has 2 aromatic heterocycles. The van der Waals surface area contributed by atoms with Gasteiger partial charge in [-0.25, -0.2) is 0 Å². The molecule has 7 heteroatoms. The Morgan fingerprint density at radius 3 is 3.05 bits per heavy atom. The summed E-state index contributed by atoms with van der Waals surface area (Å²) >= 11 is 1.64. The van der Waals surface area contributed by atoms with Crippen LogP contribution in [0.25, 0.3) is 0 Å². The van der Waals surface area contributed by atoms with Crippen LogP contribution in [0.3, 0.4) is 0 Å². The zero-order chi connectivity index (χ0) is 14.9. The van der Waals surface area contributed by atoms with Crippen LogP contribution in [0, 0.1) is 12.8 Å². The number of hydrogen-bond acceptors (Lipinski definition) is 6. The van der Waals surface area contributed by atoms with Gasteiger partial charge in [-0.05, 0) is 32.1 Å². The third kappa shape index (κ3) is 3.21. The molecule has 1 aliphatic heterocycles. The van der Waals surface area contributed by atoms with Gasteiger partial charge in [0.2, 0.25) is 0 Å². The number of aryl methyl sites for hydroxylation is 1. The molecule has 0 radical (unpaired) electrons. The second-order valence-corrected chi connectivity index (χ2v) is 7.49. The van der Waals surface area contributed by atoms with Crippen molar-refractivity contribution in [3.8, 4) is 0 Å². The van der Waals surface area contributed by atoms with E-state index in [9.17, 15) is 0 Å². The molecule has 0 aromatic carbocycles. The van der Waals surface area contributed by atoms with Crippen molar-refractivity contribution in [2.45, 2.75) is 51.4 Å².